The van der Waals surface area contributed by atoms with Crippen molar-refractivity contribution in [1.82, 2.24) is 15.5 Å². The highest BCUT2D eigenvalue weighted by Crippen LogP contribution is 2.32. The topological polar surface area (TPSA) is 56.4 Å². The fraction of sp³-hybridized carbons (Fsp3) is 0.136. The highest BCUT2D eigenvalue weighted by atomic mass is 16.1. The molecule has 5 rings (SSSR count). The van der Waals surface area contributed by atoms with Crippen molar-refractivity contribution in [1.29, 1.82) is 0 Å². The molecule has 3 aliphatic rings. The number of amides is 1. The minimum Gasteiger partial charge on any atom is -0.365 e. The lowest BCUT2D eigenvalue weighted by atomic mass is 10.0. The minimum atomic E-state index is 0.0132. The summed E-state index contributed by atoms with van der Waals surface area (Å²) in [5, 5.41) is 9.80. The summed E-state index contributed by atoms with van der Waals surface area (Å²) in [6.07, 6.45) is 8.28. The number of fused-ring (bicyclic) bond motifs is 2. The average Bonchev–Trinajstić information content (AvgIpc) is 3.31. The predicted octanol–water partition coefficient (Wildman–Crippen LogP) is 3.29. The largest absolute Gasteiger partial charge is 0.365 e. The Morgan fingerprint density at radius 2 is 1.96 bits per heavy atom. The lowest BCUT2D eigenvalue weighted by Gasteiger charge is -2.33. The van der Waals surface area contributed by atoms with E-state index in [-0.39, 0.29) is 12.1 Å². The second kappa shape index (κ2) is 6.06. The van der Waals surface area contributed by atoms with Crippen molar-refractivity contribution in [2.75, 3.05) is 5.32 Å². The minimum absolute atomic E-state index is 0.0132. The number of hydrogen-bond donors (Lipinski definition) is 3. The SMILES string of the molecule is Cc1ccc(NC2=CC=C(c3ccc4c(c3)CNC4=O)N3C=CNC23)cc1. The molecular formula is C22H20N4O. The van der Waals surface area contributed by atoms with Crippen LogP contribution in [0.4, 0.5) is 5.69 Å². The third kappa shape index (κ3) is 2.68. The van der Waals surface area contributed by atoms with Crippen LogP contribution in [0.15, 0.2) is 72.7 Å². The number of nitrogens with zero attached hydrogens (tertiary/aromatic N) is 1. The maximum Gasteiger partial charge on any atom is 0.251 e. The number of benzene rings is 2. The fourth-order valence-electron chi connectivity index (χ4n) is 3.74. The molecular weight excluding hydrogens is 336 g/mol. The Morgan fingerprint density at radius 3 is 2.81 bits per heavy atom. The third-order valence-electron chi connectivity index (χ3n) is 5.19. The number of rotatable bonds is 3. The van der Waals surface area contributed by atoms with Crippen LogP contribution in [0.2, 0.25) is 0 Å². The molecule has 0 saturated heterocycles. The number of hydrogen-bond acceptors (Lipinski definition) is 4. The first-order chi connectivity index (χ1) is 13.2. The van der Waals surface area contributed by atoms with E-state index in [0.717, 1.165) is 33.8 Å². The van der Waals surface area contributed by atoms with Crippen LogP contribution in [0, 0.1) is 6.92 Å². The predicted molar refractivity (Wildman–Crippen MR) is 106 cm³/mol. The number of carbonyl (C=O) groups excluding carboxylic acids is 1. The Morgan fingerprint density at radius 1 is 1.11 bits per heavy atom. The van der Waals surface area contributed by atoms with Crippen LogP contribution >= 0.6 is 0 Å². The van der Waals surface area contributed by atoms with Gasteiger partial charge in [0.1, 0.15) is 6.17 Å². The van der Waals surface area contributed by atoms with Crippen molar-refractivity contribution >= 4 is 17.3 Å². The number of allylic oxidation sites excluding steroid dienone is 2. The smallest absolute Gasteiger partial charge is 0.251 e. The van der Waals surface area contributed by atoms with Crippen LogP contribution in [0.3, 0.4) is 0 Å². The lowest BCUT2D eigenvalue weighted by Crippen LogP contribution is -2.40. The van der Waals surface area contributed by atoms with Gasteiger partial charge in [0, 0.05) is 30.2 Å². The van der Waals surface area contributed by atoms with Gasteiger partial charge in [0.25, 0.3) is 5.91 Å². The number of aryl methyl sites for hydroxylation is 1. The quantitative estimate of drug-likeness (QED) is 0.790. The summed E-state index contributed by atoms with van der Waals surface area (Å²) in [6, 6.07) is 14.4. The van der Waals surface area contributed by atoms with Crippen LogP contribution < -0.4 is 16.0 Å². The van der Waals surface area contributed by atoms with Gasteiger partial charge in [-0.1, -0.05) is 23.8 Å². The molecule has 0 fully saturated rings. The van der Waals surface area contributed by atoms with Crippen LogP contribution in [-0.2, 0) is 6.54 Å². The average molecular weight is 356 g/mol. The van der Waals surface area contributed by atoms with E-state index in [9.17, 15) is 4.79 Å². The Hall–Kier alpha value is -3.47. The van der Waals surface area contributed by atoms with Crippen molar-refractivity contribution < 1.29 is 4.79 Å². The monoisotopic (exact) mass is 356 g/mol. The number of carbonyl (C=O) groups is 1. The van der Waals surface area contributed by atoms with Crippen LogP contribution in [0.1, 0.15) is 27.0 Å². The zero-order valence-electron chi connectivity index (χ0n) is 15.0. The van der Waals surface area contributed by atoms with E-state index in [2.05, 4.69) is 76.5 Å². The maximum absolute atomic E-state index is 11.8. The van der Waals surface area contributed by atoms with Gasteiger partial charge in [-0.25, -0.2) is 0 Å². The molecule has 1 unspecified atom stereocenters. The van der Waals surface area contributed by atoms with E-state index < -0.39 is 0 Å². The Bertz CT molecular complexity index is 1020. The highest BCUT2D eigenvalue weighted by molar-refractivity contribution is 5.98. The molecule has 3 N–H and O–H groups in total. The molecule has 0 saturated carbocycles. The zero-order valence-corrected chi connectivity index (χ0v) is 15.0. The first-order valence-corrected chi connectivity index (χ1v) is 9.07. The second-order valence-electron chi connectivity index (χ2n) is 7.01. The van der Waals surface area contributed by atoms with Gasteiger partial charge in [-0.15, -0.1) is 0 Å². The van der Waals surface area contributed by atoms with E-state index in [0.29, 0.717) is 6.54 Å². The summed E-state index contributed by atoms with van der Waals surface area (Å²) >= 11 is 0. The van der Waals surface area contributed by atoms with Gasteiger partial charge in [0.15, 0.2) is 0 Å². The van der Waals surface area contributed by atoms with Gasteiger partial charge >= 0.3 is 0 Å². The van der Waals surface area contributed by atoms with Crippen molar-refractivity contribution in [3.8, 4) is 0 Å². The molecule has 0 spiro atoms. The molecule has 3 aliphatic heterocycles. The van der Waals surface area contributed by atoms with Crippen LogP contribution in [0.5, 0.6) is 0 Å². The van der Waals surface area contributed by atoms with E-state index in [4.69, 9.17) is 0 Å². The molecule has 3 heterocycles. The molecule has 0 bridgehead atoms. The van der Waals surface area contributed by atoms with Gasteiger partial charge in [-0.05, 0) is 54.5 Å². The molecule has 2 aromatic carbocycles. The molecule has 134 valence electrons. The molecule has 0 aliphatic carbocycles. The zero-order chi connectivity index (χ0) is 18.4. The summed E-state index contributed by atoms with van der Waals surface area (Å²) in [7, 11) is 0. The Labute approximate surface area is 158 Å². The van der Waals surface area contributed by atoms with Crippen molar-refractivity contribution in [3.05, 3.63) is 95.0 Å². The number of nitrogens with one attached hydrogen (secondary N) is 3. The molecule has 1 amide bonds. The molecule has 0 aromatic heterocycles. The summed E-state index contributed by atoms with van der Waals surface area (Å²) in [5.41, 5.74) is 7.45. The van der Waals surface area contributed by atoms with Crippen molar-refractivity contribution in [2.45, 2.75) is 19.6 Å². The molecule has 27 heavy (non-hydrogen) atoms. The highest BCUT2D eigenvalue weighted by Gasteiger charge is 2.30. The van der Waals surface area contributed by atoms with Gasteiger partial charge in [-0.2, -0.15) is 0 Å². The summed E-state index contributed by atoms with van der Waals surface area (Å²) in [6.45, 7) is 2.69. The van der Waals surface area contributed by atoms with E-state index in [1.807, 2.05) is 18.3 Å². The summed E-state index contributed by atoms with van der Waals surface area (Å²) in [5.74, 6) is 0.0132. The Balaban J connectivity index is 1.48. The normalized spacial score (nSPS) is 19.7. The van der Waals surface area contributed by atoms with Gasteiger partial charge in [-0.3, -0.25) is 4.79 Å². The fourth-order valence-corrected chi connectivity index (χ4v) is 3.74. The first-order valence-electron chi connectivity index (χ1n) is 9.07. The van der Waals surface area contributed by atoms with Crippen molar-refractivity contribution in [2.24, 2.45) is 0 Å². The molecule has 0 radical (unpaired) electrons. The van der Waals surface area contributed by atoms with Crippen LogP contribution in [-0.4, -0.2) is 17.0 Å². The van der Waals surface area contributed by atoms with E-state index in [1.54, 1.807) is 0 Å². The molecule has 1 atom stereocenters. The molecule has 5 heteroatoms. The van der Waals surface area contributed by atoms with Gasteiger partial charge in [0.05, 0.1) is 11.4 Å². The molecule has 2 aromatic rings. The van der Waals surface area contributed by atoms with Crippen molar-refractivity contribution in [3.63, 3.8) is 0 Å². The third-order valence-corrected chi connectivity index (χ3v) is 5.19. The molecule has 5 nitrogen and oxygen atoms in total. The van der Waals surface area contributed by atoms with E-state index in [1.165, 1.54) is 5.56 Å². The first kappa shape index (κ1) is 15.8. The maximum atomic E-state index is 11.8. The van der Waals surface area contributed by atoms with Crippen LogP contribution in [0.25, 0.3) is 5.70 Å². The van der Waals surface area contributed by atoms with Gasteiger partial charge < -0.3 is 20.9 Å². The van der Waals surface area contributed by atoms with E-state index >= 15 is 0 Å². The standard InChI is InChI=1S/C22H20N4O/c1-14-2-5-17(6-3-14)25-19-8-9-20(26-11-10-23-21(19)26)15-4-7-18-16(12-15)13-24-22(18)27/h2-12,21,23,25H,13H2,1H3,(H,24,27). The second-order valence-corrected chi connectivity index (χ2v) is 7.01. The lowest BCUT2D eigenvalue weighted by molar-refractivity contribution is 0.0966. The number of anilines is 1. The van der Waals surface area contributed by atoms with Gasteiger partial charge in [0.2, 0.25) is 0 Å². The summed E-state index contributed by atoms with van der Waals surface area (Å²) in [4.78, 5) is 14.0. The summed E-state index contributed by atoms with van der Waals surface area (Å²) < 4.78 is 0. The Kier molecular flexibility index (Phi) is 3.53.